The third-order valence-corrected chi connectivity index (χ3v) is 1.08. The standard InChI is InChI=1S/C7H9NO2/c1-2-7(9)10-6-4-3-5-8-6/h3-5,8H,2H2,1H3. The summed E-state index contributed by atoms with van der Waals surface area (Å²) < 4.78 is 4.81. The molecule has 3 heteroatoms. The van der Waals surface area contributed by atoms with Crippen molar-refractivity contribution in [1.29, 1.82) is 0 Å². The number of nitrogens with one attached hydrogen (secondary N) is 1. The van der Waals surface area contributed by atoms with E-state index in [4.69, 9.17) is 4.74 Å². The summed E-state index contributed by atoms with van der Waals surface area (Å²) in [6.45, 7) is 1.76. The number of esters is 1. The molecule has 0 aliphatic rings. The minimum Gasteiger partial charge on any atom is -0.410 e. The maximum Gasteiger partial charge on any atom is 0.312 e. The van der Waals surface area contributed by atoms with Crippen molar-refractivity contribution in [2.24, 2.45) is 0 Å². The van der Waals surface area contributed by atoms with Gasteiger partial charge in [0.25, 0.3) is 0 Å². The summed E-state index contributed by atoms with van der Waals surface area (Å²) in [7, 11) is 0. The minimum atomic E-state index is -0.220. The predicted octanol–water partition coefficient (Wildman–Crippen LogP) is 1.33. The van der Waals surface area contributed by atoms with Crippen LogP contribution in [0.15, 0.2) is 18.3 Å². The molecule has 0 saturated carbocycles. The molecule has 0 spiro atoms. The van der Waals surface area contributed by atoms with Crippen LogP contribution in [0, 0.1) is 0 Å². The smallest absolute Gasteiger partial charge is 0.312 e. The van der Waals surface area contributed by atoms with Crippen LogP contribution in [0.1, 0.15) is 13.3 Å². The van der Waals surface area contributed by atoms with Crippen molar-refractivity contribution in [2.75, 3.05) is 0 Å². The van der Waals surface area contributed by atoms with Crippen molar-refractivity contribution in [3.8, 4) is 5.88 Å². The van der Waals surface area contributed by atoms with Crippen LogP contribution in [-0.2, 0) is 4.79 Å². The molecule has 0 radical (unpaired) electrons. The number of aromatic nitrogens is 1. The Morgan fingerprint density at radius 2 is 2.60 bits per heavy atom. The number of aromatic amines is 1. The van der Waals surface area contributed by atoms with Gasteiger partial charge in [0, 0.05) is 18.7 Å². The van der Waals surface area contributed by atoms with Gasteiger partial charge in [0.2, 0.25) is 5.88 Å². The molecule has 0 amide bonds. The van der Waals surface area contributed by atoms with Crippen LogP contribution >= 0.6 is 0 Å². The van der Waals surface area contributed by atoms with E-state index < -0.39 is 0 Å². The quantitative estimate of drug-likeness (QED) is 0.628. The number of hydrogen-bond acceptors (Lipinski definition) is 2. The SMILES string of the molecule is CCC(=O)Oc1ccc[nH]1. The molecular weight excluding hydrogens is 130 g/mol. The van der Waals surface area contributed by atoms with Crippen LogP contribution in [-0.4, -0.2) is 11.0 Å². The molecule has 54 valence electrons. The Bertz CT molecular complexity index is 203. The zero-order valence-electron chi connectivity index (χ0n) is 5.76. The lowest BCUT2D eigenvalue weighted by Gasteiger charge is -1.96. The van der Waals surface area contributed by atoms with Crippen molar-refractivity contribution in [2.45, 2.75) is 13.3 Å². The molecule has 0 aromatic carbocycles. The van der Waals surface area contributed by atoms with E-state index in [0.717, 1.165) is 0 Å². The van der Waals surface area contributed by atoms with E-state index in [1.807, 2.05) is 0 Å². The first kappa shape index (κ1) is 6.86. The maximum absolute atomic E-state index is 10.6. The Morgan fingerprint density at radius 1 is 1.80 bits per heavy atom. The summed E-state index contributed by atoms with van der Waals surface area (Å²) in [4.78, 5) is 13.4. The highest BCUT2D eigenvalue weighted by molar-refractivity contribution is 5.71. The van der Waals surface area contributed by atoms with Crippen molar-refractivity contribution in [1.82, 2.24) is 4.98 Å². The number of H-pyrrole nitrogens is 1. The van der Waals surface area contributed by atoms with Crippen molar-refractivity contribution in [3.63, 3.8) is 0 Å². The Balaban J connectivity index is 2.48. The van der Waals surface area contributed by atoms with Crippen LogP contribution < -0.4 is 4.74 Å². The highest BCUT2D eigenvalue weighted by Crippen LogP contribution is 2.04. The topological polar surface area (TPSA) is 42.1 Å². The monoisotopic (exact) mass is 139 g/mol. The Hall–Kier alpha value is -1.25. The highest BCUT2D eigenvalue weighted by atomic mass is 16.5. The van der Waals surface area contributed by atoms with Gasteiger partial charge in [0.05, 0.1) is 0 Å². The van der Waals surface area contributed by atoms with Gasteiger partial charge in [0.15, 0.2) is 0 Å². The van der Waals surface area contributed by atoms with Gasteiger partial charge < -0.3 is 9.72 Å². The summed E-state index contributed by atoms with van der Waals surface area (Å²) in [5.41, 5.74) is 0. The molecule has 0 bridgehead atoms. The molecule has 1 aromatic heterocycles. The molecule has 0 aliphatic carbocycles. The normalized spacial score (nSPS) is 9.30. The lowest BCUT2D eigenvalue weighted by atomic mass is 10.5. The molecule has 10 heavy (non-hydrogen) atoms. The van der Waals surface area contributed by atoms with E-state index in [-0.39, 0.29) is 5.97 Å². The molecule has 0 fully saturated rings. The van der Waals surface area contributed by atoms with Crippen LogP contribution in [0.2, 0.25) is 0 Å². The van der Waals surface area contributed by atoms with E-state index in [1.165, 1.54) is 0 Å². The largest absolute Gasteiger partial charge is 0.410 e. The van der Waals surface area contributed by atoms with E-state index >= 15 is 0 Å². The second kappa shape index (κ2) is 3.06. The summed E-state index contributed by atoms with van der Waals surface area (Å²) in [6.07, 6.45) is 2.11. The van der Waals surface area contributed by atoms with Gasteiger partial charge in [-0.1, -0.05) is 6.92 Å². The predicted molar refractivity (Wildman–Crippen MR) is 36.7 cm³/mol. The minimum absolute atomic E-state index is 0.220. The van der Waals surface area contributed by atoms with Gasteiger partial charge in [-0.05, 0) is 6.07 Å². The number of carbonyl (C=O) groups excluding carboxylic acids is 1. The fourth-order valence-electron chi connectivity index (χ4n) is 0.572. The lowest BCUT2D eigenvalue weighted by molar-refractivity contribution is -0.134. The first-order valence-electron chi connectivity index (χ1n) is 3.17. The zero-order chi connectivity index (χ0) is 7.40. The number of hydrogen-bond donors (Lipinski definition) is 1. The number of rotatable bonds is 2. The Labute approximate surface area is 59.0 Å². The van der Waals surface area contributed by atoms with Crippen molar-refractivity contribution >= 4 is 5.97 Å². The number of ether oxygens (including phenoxy) is 1. The third kappa shape index (κ3) is 1.62. The van der Waals surface area contributed by atoms with E-state index in [2.05, 4.69) is 4.98 Å². The van der Waals surface area contributed by atoms with Crippen molar-refractivity contribution in [3.05, 3.63) is 18.3 Å². The Kier molecular flexibility index (Phi) is 2.10. The van der Waals surface area contributed by atoms with Crippen molar-refractivity contribution < 1.29 is 9.53 Å². The fraction of sp³-hybridized carbons (Fsp3) is 0.286. The summed E-state index contributed by atoms with van der Waals surface area (Å²) in [5.74, 6) is 0.286. The summed E-state index contributed by atoms with van der Waals surface area (Å²) >= 11 is 0. The van der Waals surface area contributed by atoms with Gasteiger partial charge in [-0.25, -0.2) is 0 Å². The summed E-state index contributed by atoms with van der Waals surface area (Å²) in [5, 5.41) is 0. The van der Waals surface area contributed by atoms with Gasteiger partial charge >= 0.3 is 5.97 Å². The Morgan fingerprint density at radius 3 is 3.10 bits per heavy atom. The van der Waals surface area contributed by atoms with Gasteiger partial charge in [-0.2, -0.15) is 0 Å². The average Bonchev–Trinajstić information content (AvgIpc) is 2.40. The second-order valence-corrected chi connectivity index (χ2v) is 1.86. The van der Waals surface area contributed by atoms with Crippen LogP contribution in [0.4, 0.5) is 0 Å². The molecule has 1 aromatic rings. The van der Waals surface area contributed by atoms with Gasteiger partial charge in [-0.15, -0.1) is 0 Å². The van der Waals surface area contributed by atoms with Crippen LogP contribution in [0.5, 0.6) is 5.88 Å². The molecular formula is C7H9NO2. The van der Waals surface area contributed by atoms with Gasteiger partial charge in [0.1, 0.15) is 0 Å². The molecule has 0 aliphatic heterocycles. The number of carbonyl (C=O) groups is 1. The van der Waals surface area contributed by atoms with E-state index in [1.54, 1.807) is 25.3 Å². The highest BCUT2D eigenvalue weighted by Gasteiger charge is 1.99. The first-order valence-corrected chi connectivity index (χ1v) is 3.17. The van der Waals surface area contributed by atoms with Crippen LogP contribution in [0.3, 0.4) is 0 Å². The fourth-order valence-corrected chi connectivity index (χ4v) is 0.572. The van der Waals surface area contributed by atoms with E-state index in [9.17, 15) is 4.79 Å². The second-order valence-electron chi connectivity index (χ2n) is 1.86. The molecule has 1 rings (SSSR count). The molecule has 0 saturated heterocycles. The lowest BCUT2D eigenvalue weighted by Crippen LogP contribution is -2.05. The van der Waals surface area contributed by atoms with E-state index in [0.29, 0.717) is 12.3 Å². The molecule has 0 unspecified atom stereocenters. The average molecular weight is 139 g/mol. The zero-order valence-corrected chi connectivity index (χ0v) is 5.76. The molecule has 0 atom stereocenters. The molecule has 1 N–H and O–H groups in total. The molecule has 3 nitrogen and oxygen atoms in total. The van der Waals surface area contributed by atoms with Crippen LogP contribution in [0.25, 0.3) is 0 Å². The van der Waals surface area contributed by atoms with Gasteiger partial charge in [-0.3, -0.25) is 4.79 Å². The summed E-state index contributed by atoms with van der Waals surface area (Å²) in [6, 6.07) is 3.48. The maximum atomic E-state index is 10.6. The first-order chi connectivity index (χ1) is 4.83. The third-order valence-electron chi connectivity index (χ3n) is 1.08. The molecule has 1 heterocycles.